The highest BCUT2D eigenvalue weighted by atomic mass is 79.9. The van der Waals surface area contributed by atoms with E-state index in [-0.39, 0.29) is 5.41 Å². The summed E-state index contributed by atoms with van der Waals surface area (Å²) in [4.78, 5) is 0. The first kappa shape index (κ1) is 14.9. The summed E-state index contributed by atoms with van der Waals surface area (Å²) >= 11 is 3.58. The Bertz CT molecular complexity index is 456. The van der Waals surface area contributed by atoms with Crippen LogP contribution in [0.5, 0.6) is 5.75 Å². The first-order valence-corrected chi connectivity index (χ1v) is 7.72. The van der Waals surface area contributed by atoms with E-state index in [9.17, 15) is 5.11 Å². The largest absolute Gasteiger partial charge is 0.497 e. The van der Waals surface area contributed by atoms with E-state index in [0.717, 1.165) is 35.0 Å². The molecule has 0 saturated heterocycles. The Labute approximate surface area is 124 Å². The second kappa shape index (κ2) is 5.45. The van der Waals surface area contributed by atoms with E-state index in [1.54, 1.807) is 7.11 Å². The monoisotopic (exact) mass is 326 g/mol. The first-order chi connectivity index (χ1) is 8.88. The van der Waals surface area contributed by atoms with Gasteiger partial charge in [-0.2, -0.15) is 0 Å². The van der Waals surface area contributed by atoms with Crippen molar-refractivity contribution >= 4 is 15.9 Å². The van der Waals surface area contributed by atoms with Crippen molar-refractivity contribution in [3.63, 3.8) is 0 Å². The second-order valence-corrected chi connectivity index (χ2v) is 7.11. The number of benzene rings is 1. The molecule has 1 saturated carbocycles. The molecule has 1 aromatic carbocycles. The Morgan fingerprint density at radius 2 is 1.95 bits per heavy atom. The third-order valence-corrected chi connectivity index (χ3v) is 5.41. The van der Waals surface area contributed by atoms with Crippen LogP contribution >= 0.6 is 15.9 Å². The van der Waals surface area contributed by atoms with Crippen molar-refractivity contribution in [1.82, 2.24) is 0 Å². The van der Waals surface area contributed by atoms with Crippen LogP contribution in [0.2, 0.25) is 0 Å². The molecule has 1 aliphatic carbocycles. The van der Waals surface area contributed by atoms with Gasteiger partial charge < -0.3 is 9.84 Å². The lowest BCUT2D eigenvalue weighted by Crippen LogP contribution is -2.48. The third-order valence-electron chi connectivity index (χ3n) is 4.64. The number of methoxy groups -OCH3 is 1. The minimum atomic E-state index is -0.625. The van der Waals surface area contributed by atoms with Crippen molar-refractivity contribution < 1.29 is 9.84 Å². The molecule has 1 N–H and O–H groups in total. The Morgan fingerprint density at radius 1 is 1.26 bits per heavy atom. The van der Waals surface area contributed by atoms with Crippen LogP contribution in [0.1, 0.15) is 45.1 Å². The molecule has 2 rings (SSSR count). The number of ether oxygens (including phenoxy) is 1. The smallest absolute Gasteiger partial charge is 0.119 e. The standard InChI is InChI=1S/C16H23BrO2/c1-15(2)8-4-5-9-16(15,18)11-12-10-13(19-3)6-7-14(12)17/h6-7,10,18H,4-5,8-9,11H2,1-3H3. The molecule has 0 spiro atoms. The number of rotatable bonds is 3. The van der Waals surface area contributed by atoms with E-state index < -0.39 is 5.60 Å². The summed E-state index contributed by atoms with van der Waals surface area (Å²) in [7, 11) is 1.67. The summed E-state index contributed by atoms with van der Waals surface area (Å²) in [6, 6.07) is 5.95. The van der Waals surface area contributed by atoms with Crippen molar-refractivity contribution in [2.75, 3.05) is 7.11 Å². The molecule has 0 amide bonds. The van der Waals surface area contributed by atoms with Crippen LogP contribution < -0.4 is 4.74 Å². The third kappa shape index (κ3) is 2.97. The van der Waals surface area contributed by atoms with E-state index in [1.807, 2.05) is 18.2 Å². The Morgan fingerprint density at radius 3 is 2.58 bits per heavy atom. The van der Waals surface area contributed by atoms with Crippen LogP contribution in [0.25, 0.3) is 0 Å². The molecule has 0 bridgehead atoms. The van der Waals surface area contributed by atoms with Gasteiger partial charge in [-0.15, -0.1) is 0 Å². The first-order valence-electron chi connectivity index (χ1n) is 6.93. The fraction of sp³-hybridized carbons (Fsp3) is 0.625. The van der Waals surface area contributed by atoms with Gasteiger partial charge in [0.1, 0.15) is 5.75 Å². The minimum Gasteiger partial charge on any atom is -0.497 e. The highest BCUT2D eigenvalue weighted by Gasteiger charge is 2.45. The molecule has 0 aromatic heterocycles. The fourth-order valence-corrected chi connectivity index (χ4v) is 3.40. The predicted octanol–water partition coefficient (Wildman–Crippen LogP) is 4.33. The lowest BCUT2D eigenvalue weighted by Gasteiger charge is -2.47. The maximum Gasteiger partial charge on any atom is 0.119 e. The van der Waals surface area contributed by atoms with Gasteiger partial charge in [0.25, 0.3) is 0 Å². The fourth-order valence-electron chi connectivity index (χ4n) is 3.01. The topological polar surface area (TPSA) is 29.5 Å². The molecular formula is C16H23BrO2. The molecule has 1 atom stereocenters. The van der Waals surface area contributed by atoms with Crippen LogP contribution in [0.4, 0.5) is 0 Å². The van der Waals surface area contributed by atoms with Crippen molar-refractivity contribution in [1.29, 1.82) is 0 Å². The molecule has 3 heteroatoms. The molecular weight excluding hydrogens is 304 g/mol. The van der Waals surface area contributed by atoms with Gasteiger partial charge in [-0.3, -0.25) is 0 Å². The van der Waals surface area contributed by atoms with E-state index in [4.69, 9.17) is 4.74 Å². The van der Waals surface area contributed by atoms with Gasteiger partial charge >= 0.3 is 0 Å². The molecule has 2 nitrogen and oxygen atoms in total. The molecule has 1 fully saturated rings. The zero-order valence-corrected chi connectivity index (χ0v) is 13.6. The average Bonchev–Trinajstić information content (AvgIpc) is 2.36. The second-order valence-electron chi connectivity index (χ2n) is 6.26. The van der Waals surface area contributed by atoms with Crippen LogP contribution in [-0.4, -0.2) is 17.8 Å². The molecule has 1 aromatic rings. The number of hydrogen-bond acceptors (Lipinski definition) is 2. The average molecular weight is 327 g/mol. The maximum absolute atomic E-state index is 11.1. The van der Waals surface area contributed by atoms with Crippen molar-refractivity contribution in [2.45, 2.75) is 51.6 Å². The minimum absolute atomic E-state index is 0.0340. The van der Waals surface area contributed by atoms with Crippen molar-refractivity contribution in [3.8, 4) is 5.75 Å². The van der Waals surface area contributed by atoms with Crippen LogP contribution in [0.3, 0.4) is 0 Å². The summed E-state index contributed by atoms with van der Waals surface area (Å²) in [6.07, 6.45) is 4.97. The highest BCUT2D eigenvalue weighted by Crippen LogP contribution is 2.46. The summed E-state index contributed by atoms with van der Waals surface area (Å²) in [5, 5.41) is 11.1. The van der Waals surface area contributed by atoms with E-state index in [2.05, 4.69) is 29.8 Å². The zero-order chi connectivity index (χ0) is 14.1. The maximum atomic E-state index is 11.1. The SMILES string of the molecule is COc1ccc(Br)c(CC2(O)CCCCC2(C)C)c1. The molecule has 0 aliphatic heterocycles. The summed E-state index contributed by atoms with van der Waals surface area (Å²) in [6.45, 7) is 4.36. The van der Waals surface area contributed by atoms with Crippen molar-refractivity contribution in [2.24, 2.45) is 5.41 Å². The molecule has 1 aliphatic rings. The van der Waals surface area contributed by atoms with Gasteiger partial charge in [0.05, 0.1) is 12.7 Å². The number of aliphatic hydroxyl groups is 1. The molecule has 0 heterocycles. The Kier molecular flexibility index (Phi) is 4.26. The normalized spacial score (nSPS) is 26.2. The van der Waals surface area contributed by atoms with Gasteiger partial charge in [-0.1, -0.05) is 42.6 Å². The molecule has 106 valence electrons. The van der Waals surface area contributed by atoms with E-state index in [0.29, 0.717) is 6.42 Å². The van der Waals surface area contributed by atoms with Crippen LogP contribution in [-0.2, 0) is 6.42 Å². The molecule has 1 unspecified atom stereocenters. The predicted molar refractivity (Wildman–Crippen MR) is 81.6 cm³/mol. The summed E-state index contributed by atoms with van der Waals surface area (Å²) in [5.74, 6) is 0.843. The lowest BCUT2D eigenvalue weighted by atomic mass is 9.63. The van der Waals surface area contributed by atoms with Gasteiger partial charge in [-0.25, -0.2) is 0 Å². The van der Waals surface area contributed by atoms with E-state index >= 15 is 0 Å². The Balaban J connectivity index is 2.28. The van der Waals surface area contributed by atoms with Crippen LogP contribution in [0.15, 0.2) is 22.7 Å². The van der Waals surface area contributed by atoms with Crippen LogP contribution in [0, 0.1) is 5.41 Å². The highest BCUT2D eigenvalue weighted by molar-refractivity contribution is 9.10. The Hall–Kier alpha value is -0.540. The van der Waals surface area contributed by atoms with Crippen molar-refractivity contribution in [3.05, 3.63) is 28.2 Å². The number of halogens is 1. The molecule has 19 heavy (non-hydrogen) atoms. The van der Waals surface area contributed by atoms with Gasteiger partial charge in [0.2, 0.25) is 0 Å². The van der Waals surface area contributed by atoms with E-state index in [1.165, 1.54) is 6.42 Å². The molecule has 0 radical (unpaired) electrons. The summed E-state index contributed by atoms with van der Waals surface area (Å²) in [5.41, 5.74) is 0.463. The number of hydrogen-bond donors (Lipinski definition) is 1. The summed E-state index contributed by atoms with van der Waals surface area (Å²) < 4.78 is 6.33. The zero-order valence-electron chi connectivity index (χ0n) is 12.0. The lowest BCUT2D eigenvalue weighted by molar-refractivity contribution is -0.0959. The quantitative estimate of drug-likeness (QED) is 0.895. The van der Waals surface area contributed by atoms with Gasteiger partial charge in [-0.05, 0) is 42.0 Å². The van der Waals surface area contributed by atoms with Gasteiger partial charge in [0.15, 0.2) is 0 Å². The van der Waals surface area contributed by atoms with Gasteiger partial charge in [0, 0.05) is 10.9 Å².